The molecule has 6 heteroatoms. The summed E-state index contributed by atoms with van der Waals surface area (Å²) in [5.41, 5.74) is 6.62. The highest BCUT2D eigenvalue weighted by molar-refractivity contribution is 6.29. The van der Waals surface area contributed by atoms with Crippen molar-refractivity contribution in [2.75, 3.05) is 26.4 Å². The number of hydrogen-bond acceptors (Lipinski definition) is 5. The molecular formula is C19H35BN2O3. The van der Waals surface area contributed by atoms with E-state index in [1.165, 1.54) is 0 Å². The molecule has 1 aromatic rings. The summed E-state index contributed by atoms with van der Waals surface area (Å²) in [5, 5.41) is 13.8. The van der Waals surface area contributed by atoms with Crippen LogP contribution in [-0.4, -0.2) is 45.1 Å². The summed E-state index contributed by atoms with van der Waals surface area (Å²) in [7, 11) is 0.454. The second kappa shape index (κ2) is 13.2. The molecule has 0 bridgehead atoms. The third kappa shape index (κ3) is 9.85. The first kappa shape index (κ1) is 22.0. The molecule has 0 spiro atoms. The van der Waals surface area contributed by atoms with Crippen molar-refractivity contribution in [1.82, 2.24) is 5.32 Å². The second-order valence-electron chi connectivity index (χ2n) is 6.97. The molecular weight excluding hydrogens is 315 g/mol. The zero-order chi connectivity index (χ0) is 18.5. The molecule has 2 atom stereocenters. The summed E-state index contributed by atoms with van der Waals surface area (Å²) >= 11 is 0. The molecule has 0 unspecified atom stereocenters. The minimum atomic E-state index is -0.467. The maximum absolute atomic E-state index is 10.5. The number of aliphatic hydroxyl groups is 1. The van der Waals surface area contributed by atoms with E-state index in [-0.39, 0.29) is 12.5 Å². The number of ether oxygens (including phenoxy) is 1. The molecule has 4 N–H and O–H groups in total. The highest BCUT2D eigenvalue weighted by atomic mass is 16.5. The van der Waals surface area contributed by atoms with E-state index in [1.54, 1.807) is 0 Å². The van der Waals surface area contributed by atoms with Gasteiger partial charge in [-0.3, -0.25) is 0 Å². The highest BCUT2D eigenvalue weighted by Crippen LogP contribution is 2.20. The Bertz CT molecular complexity index is 443. The number of rotatable bonds is 14. The predicted octanol–water partition coefficient (Wildman–Crippen LogP) is 2.09. The van der Waals surface area contributed by atoms with Crippen LogP contribution in [0, 0.1) is 5.92 Å². The van der Waals surface area contributed by atoms with E-state index < -0.39 is 6.10 Å². The van der Waals surface area contributed by atoms with E-state index in [9.17, 15) is 5.11 Å². The Morgan fingerprint density at radius 2 is 1.92 bits per heavy atom. The molecule has 0 aliphatic heterocycles. The lowest BCUT2D eigenvalue weighted by Crippen LogP contribution is -2.36. The fraction of sp³-hybridized carbons (Fsp3) is 0.684. The average molecular weight is 350 g/mol. The molecule has 0 aromatic heterocycles. The van der Waals surface area contributed by atoms with Gasteiger partial charge >= 0.3 is 0 Å². The third-order valence-electron chi connectivity index (χ3n) is 4.09. The first-order valence-electron chi connectivity index (χ1n) is 9.45. The van der Waals surface area contributed by atoms with Crippen molar-refractivity contribution in [2.24, 2.45) is 11.7 Å². The van der Waals surface area contributed by atoms with E-state index in [1.807, 2.05) is 12.1 Å². The van der Waals surface area contributed by atoms with Gasteiger partial charge < -0.3 is 25.5 Å². The Morgan fingerprint density at radius 1 is 1.20 bits per heavy atom. The second-order valence-corrected chi connectivity index (χ2v) is 6.97. The van der Waals surface area contributed by atoms with Gasteiger partial charge in [0, 0.05) is 6.54 Å². The first-order chi connectivity index (χ1) is 12.1. The van der Waals surface area contributed by atoms with Crippen LogP contribution in [0.25, 0.3) is 0 Å². The smallest absolute Gasteiger partial charge is 0.282 e. The number of benzene rings is 1. The number of aliphatic hydroxyl groups excluding tert-OH is 1. The number of unbranched alkanes of at least 4 members (excludes halogenated alkanes) is 1. The molecule has 25 heavy (non-hydrogen) atoms. The summed E-state index contributed by atoms with van der Waals surface area (Å²) in [6, 6.07) is 8.11. The van der Waals surface area contributed by atoms with Crippen molar-refractivity contribution in [3.63, 3.8) is 0 Å². The van der Waals surface area contributed by atoms with Gasteiger partial charge in [-0.1, -0.05) is 39.3 Å². The van der Waals surface area contributed by atoms with Gasteiger partial charge in [0.05, 0.1) is 19.4 Å². The van der Waals surface area contributed by atoms with E-state index in [4.69, 9.17) is 15.1 Å². The van der Waals surface area contributed by atoms with Crippen molar-refractivity contribution >= 4 is 7.48 Å². The van der Waals surface area contributed by atoms with Gasteiger partial charge in [-0.15, -0.1) is 0 Å². The van der Waals surface area contributed by atoms with Crippen LogP contribution in [0.4, 0.5) is 0 Å². The molecule has 0 aliphatic rings. The van der Waals surface area contributed by atoms with Crippen LogP contribution >= 0.6 is 0 Å². The van der Waals surface area contributed by atoms with Crippen LogP contribution in [0.5, 0.6) is 5.75 Å². The van der Waals surface area contributed by atoms with E-state index in [0.717, 1.165) is 43.7 Å². The molecule has 1 rings (SSSR count). The Morgan fingerprint density at radius 3 is 2.52 bits per heavy atom. The lowest BCUT2D eigenvalue weighted by molar-refractivity contribution is 0.153. The Labute approximate surface area is 153 Å². The van der Waals surface area contributed by atoms with E-state index >= 15 is 0 Å². The van der Waals surface area contributed by atoms with Gasteiger partial charge in [0.25, 0.3) is 7.48 Å². The third-order valence-corrected chi connectivity index (χ3v) is 4.09. The highest BCUT2D eigenvalue weighted by Gasteiger charge is 2.21. The topological polar surface area (TPSA) is 76.7 Å². The summed E-state index contributed by atoms with van der Waals surface area (Å²) in [6.07, 6.45) is 2.48. The Balaban J connectivity index is 2.54. The minimum absolute atomic E-state index is 0.00933. The molecule has 0 saturated carbocycles. The number of nitrogens with one attached hydrogen (secondary N) is 1. The predicted molar refractivity (Wildman–Crippen MR) is 105 cm³/mol. The maximum Gasteiger partial charge on any atom is 0.282 e. The SMILES string of the molecule is CCCCOc1ccc(C[C@H](BOCN)[C@H](O)CNCC(C)C)cc1. The molecule has 1 aromatic carbocycles. The molecule has 5 nitrogen and oxygen atoms in total. The lowest BCUT2D eigenvalue weighted by atomic mass is 9.72. The first-order valence-corrected chi connectivity index (χ1v) is 9.45. The fourth-order valence-electron chi connectivity index (χ4n) is 2.57. The van der Waals surface area contributed by atoms with E-state index in [0.29, 0.717) is 19.9 Å². The quantitative estimate of drug-likeness (QED) is 0.272. The van der Waals surface area contributed by atoms with Crippen molar-refractivity contribution < 1.29 is 14.5 Å². The fourth-order valence-corrected chi connectivity index (χ4v) is 2.57. The van der Waals surface area contributed by atoms with Gasteiger partial charge in [0.2, 0.25) is 0 Å². The summed E-state index contributed by atoms with van der Waals surface area (Å²) < 4.78 is 11.1. The molecule has 142 valence electrons. The van der Waals surface area contributed by atoms with Crippen LogP contribution < -0.4 is 15.8 Å². The summed E-state index contributed by atoms with van der Waals surface area (Å²) in [6.45, 7) is 8.84. The van der Waals surface area contributed by atoms with Gasteiger partial charge in [-0.05, 0) is 48.8 Å². The van der Waals surface area contributed by atoms with Crippen molar-refractivity contribution in [3.05, 3.63) is 29.8 Å². The van der Waals surface area contributed by atoms with Crippen LogP contribution in [0.3, 0.4) is 0 Å². The Kier molecular flexibility index (Phi) is 11.6. The van der Waals surface area contributed by atoms with Crippen LogP contribution in [-0.2, 0) is 11.1 Å². The monoisotopic (exact) mass is 350 g/mol. The van der Waals surface area contributed by atoms with Gasteiger partial charge in [0.1, 0.15) is 5.75 Å². The standard InChI is InChI=1S/C19H35BN2O3/c1-4-5-10-24-17-8-6-16(7-9-17)11-18(20-25-14-21)19(23)13-22-12-15(2)3/h6-9,15,18-20,22-23H,4-5,10-14,21H2,1-3H3/t18-,19+/m0/s1. The molecule has 0 saturated heterocycles. The van der Waals surface area contributed by atoms with Gasteiger partial charge in [-0.25, -0.2) is 0 Å². The van der Waals surface area contributed by atoms with Crippen molar-refractivity contribution in [3.8, 4) is 5.75 Å². The summed E-state index contributed by atoms with van der Waals surface area (Å²) in [4.78, 5) is 0. The number of hydrogen-bond donors (Lipinski definition) is 3. The molecule has 0 amide bonds. The van der Waals surface area contributed by atoms with Gasteiger partial charge in [0.15, 0.2) is 0 Å². The molecule has 0 aliphatic carbocycles. The van der Waals surface area contributed by atoms with Crippen LogP contribution in [0.2, 0.25) is 5.82 Å². The van der Waals surface area contributed by atoms with Crippen molar-refractivity contribution in [1.29, 1.82) is 0 Å². The minimum Gasteiger partial charge on any atom is -0.494 e. The lowest BCUT2D eigenvalue weighted by Gasteiger charge is -2.23. The number of nitrogens with two attached hydrogens (primary N) is 1. The van der Waals surface area contributed by atoms with Gasteiger partial charge in [-0.2, -0.15) is 0 Å². The van der Waals surface area contributed by atoms with Crippen molar-refractivity contribution in [2.45, 2.75) is 52.0 Å². The van der Waals surface area contributed by atoms with E-state index in [2.05, 4.69) is 38.2 Å². The average Bonchev–Trinajstić information content (AvgIpc) is 2.59. The Hall–Kier alpha value is -1.08. The normalized spacial score (nSPS) is 13.7. The summed E-state index contributed by atoms with van der Waals surface area (Å²) in [5.74, 6) is 1.47. The zero-order valence-corrected chi connectivity index (χ0v) is 16.0. The molecule has 0 heterocycles. The van der Waals surface area contributed by atoms with Crippen LogP contribution in [0.1, 0.15) is 39.2 Å². The largest absolute Gasteiger partial charge is 0.494 e. The van der Waals surface area contributed by atoms with Crippen LogP contribution in [0.15, 0.2) is 24.3 Å². The molecule has 0 radical (unpaired) electrons. The maximum atomic E-state index is 10.5. The zero-order valence-electron chi connectivity index (χ0n) is 16.0. The molecule has 0 fully saturated rings.